The maximum atomic E-state index is 11.9. The van der Waals surface area contributed by atoms with Crippen LogP contribution in [0.4, 0.5) is 0 Å². The van der Waals surface area contributed by atoms with Gasteiger partial charge in [0.1, 0.15) is 5.75 Å². The number of aryl methyl sites for hydroxylation is 2. The van der Waals surface area contributed by atoms with Crippen LogP contribution < -0.4 is 15.4 Å². The van der Waals surface area contributed by atoms with Crippen molar-refractivity contribution in [3.63, 3.8) is 0 Å². The third-order valence-corrected chi connectivity index (χ3v) is 4.52. The first-order valence-corrected chi connectivity index (χ1v) is 9.22. The van der Waals surface area contributed by atoms with Crippen LogP contribution in [0.2, 0.25) is 5.02 Å². The van der Waals surface area contributed by atoms with Gasteiger partial charge in [-0.1, -0.05) is 35.9 Å². The Balaban J connectivity index is 1.67. The van der Waals surface area contributed by atoms with Crippen LogP contribution >= 0.6 is 11.6 Å². The van der Waals surface area contributed by atoms with Gasteiger partial charge in [-0.15, -0.1) is 0 Å². The zero-order valence-corrected chi connectivity index (χ0v) is 16.7. The fourth-order valence-electron chi connectivity index (χ4n) is 2.59. The molecule has 0 radical (unpaired) electrons. The van der Waals surface area contributed by atoms with Gasteiger partial charge >= 0.3 is 0 Å². The van der Waals surface area contributed by atoms with Crippen molar-refractivity contribution in [2.75, 3.05) is 19.7 Å². The van der Waals surface area contributed by atoms with Crippen molar-refractivity contribution >= 4 is 23.4 Å². The van der Waals surface area contributed by atoms with Crippen LogP contribution in [0.5, 0.6) is 5.75 Å². The van der Waals surface area contributed by atoms with Gasteiger partial charge in [0.05, 0.1) is 6.42 Å². The van der Waals surface area contributed by atoms with Gasteiger partial charge in [-0.3, -0.25) is 9.59 Å². The third kappa shape index (κ3) is 6.61. The molecule has 2 aromatic rings. The lowest BCUT2D eigenvalue weighted by Crippen LogP contribution is -2.37. The molecule has 27 heavy (non-hydrogen) atoms. The largest absolute Gasteiger partial charge is 0.483 e. The van der Waals surface area contributed by atoms with E-state index in [-0.39, 0.29) is 24.8 Å². The van der Waals surface area contributed by atoms with Crippen molar-refractivity contribution < 1.29 is 14.3 Å². The lowest BCUT2D eigenvalue weighted by atomic mass is 10.1. The van der Waals surface area contributed by atoms with Crippen molar-refractivity contribution in [2.45, 2.75) is 27.2 Å². The summed E-state index contributed by atoms with van der Waals surface area (Å²) in [6.07, 6.45) is 0.278. The molecule has 2 amide bonds. The Morgan fingerprint density at radius 2 is 1.48 bits per heavy atom. The molecule has 0 atom stereocenters. The van der Waals surface area contributed by atoms with E-state index >= 15 is 0 Å². The number of ether oxygens (including phenoxy) is 1. The molecule has 0 fully saturated rings. The van der Waals surface area contributed by atoms with Crippen molar-refractivity contribution in [1.82, 2.24) is 10.6 Å². The van der Waals surface area contributed by atoms with E-state index in [0.29, 0.717) is 18.1 Å². The van der Waals surface area contributed by atoms with Crippen molar-refractivity contribution in [1.29, 1.82) is 0 Å². The Kier molecular flexibility index (Phi) is 7.67. The maximum absolute atomic E-state index is 11.9. The quantitative estimate of drug-likeness (QED) is 0.683. The molecule has 0 saturated carbocycles. The van der Waals surface area contributed by atoms with Crippen LogP contribution in [-0.4, -0.2) is 31.5 Å². The Bertz CT molecular complexity index is 804. The zero-order valence-electron chi connectivity index (χ0n) is 15.9. The lowest BCUT2D eigenvalue weighted by molar-refractivity contribution is -0.124. The number of carbonyl (C=O) groups excluding carboxylic acids is 2. The predicted molar refractivity (Wildman–Crippen MR) is 107 cm³/mol. The molecule has 144 valence electrons. The molecule has 0 aliphatic heterocycles. The Morgan fingerprint density at radius 1 is 0.889 bits per heavy atom. The summed E-state index contributed by atoms with van der Waals surface area (Å²) in [6, 6.07) is 11.1. The van der Waals surface area contributed by atoms with Gasteiger partial charge in [-0.05, 0) is 55.2 Å². The van der Waals surface area contributed by atoms with Crippen molar-refractivity contribution in [3.8, 4) is 5.75 Å². The van der Waals surface area contributed by atoms with Gasteiger partial charge in [0, 0.05) is 18.1 Å². The van der Waals surface area contributed by atoms with Crippen LogP contribution in [0.25, 0.3) is 0 Å². The van der Waals surface area contributed by atoms with Crippen LogP contribution in [0.15, 0.2) is 36.4 Å². The second-order valence-electron chi connectivity index (χ2n) is 6.45. The molecule has 0 aliphatic carbocycles. The number of amides is 2. The smallest absolute Gasteiger partial charge is 0.258 e. The first-order valence-electron chi connectivity index (χ1n) is 8.84. The SMILES string of the molecule is Cc1ccc(C)c(OCC(=O)NCCNC(=O)Cc2ccc(Cl)cc2)c1C. The predicted octanol–water partition coefficient (Wildman–Crippen LogP) is 3.12. The van der Waals surface area contributed by atoms with E-state index in [1.54, 1.807) is 12.1 Å². The summed E-state index contributed by atoms with van der Waals surface area (Å²) in [5, 5.41) is 6.15. The summed E-state index contributed by atoms with van der Waals surface area (Å²) >= 11 is 5.82. The summed E-state index contributed by atoms with van der Waals surface area (Å²) in [5.74, 6) is 0.428. The Hall–Kier alpha value is -2.53. The summed E-state index contributed by atoms with van der Waals surface area (Å²) in [7, 11) is 0. The van der Waals surface area contributed by atoms with Gasteiger partial charge < -0.3 is 15.4 Å². The van der Waals surface area contributed by atoms with Crippen LogP contribution in [0, 0.1) is 20.8 Å². The average molecular weight is 389 g/mol. The Morgan fingerprint density at radius 3 is 2.15 bits per heavy atom. The minimum Gasteiger partial charge on any atom is -0.483 e. The topological polar surface area (TPSA) is 67.4 Å². The summed E-state index contributed by atoms with van der Waals surface area (Å²) in [6.45, 7) is 6.60. The monoisotopic (exact) mass is 388 g/mol. The van der Waals surface area contributed by atoms with Gasteiger partial charge in [0.2, 0.25) is 5.91 Å². The molecule has 0 aliphatic rings. The normalized spacial score (nSPS) is 10.4. The number of carbonyl (C=O) groups is 2. The van der Waals surface area contributed by atoms with E-state index < -0.39 is 0 Å². The second kappa shape index (κ2) is 9.97. The number of hydrogen-bond acceptors (Lipinski definition) is 3. The van der Waals surface area contributed by atoms with Gasteiger partial charge in [-0.25, -0.2) is 0 Å². The van der Waals surface area contributed by atoms with Crippen LogP contribution in [0.3, 0.4) is 0 Å². The van der Waals surface area contributed by atoms with E-state index in [4.69, 9.17) is 16.3 Å². The number of benzene rings is 2. The molecule has 0 bridgehead atoms. The van der Waals surface area contributed by atoms with Crippen molar-refractivity contribution in [2.24, 2.45) is 0 Å². The molecule has 0 spiro atoms. The fourth-order valence-corrected chi connectivity index (χ4v) is 2.72. The Labute approximate surface area is 165 Å². The summed E-state index contributed by atoms with van der Waals surface area (Å²) in [5.41, 5.74) is 4.05. The molecule has 0 heterocycles. The molecule has 2 aromatic carbocycles. The zero-order chi connectivity index (χ0) is 19.8. The molecule has 2 rings (SSSR count). The molecule has 5 nitrogen and oxygen atoms in total. The standard InChI is InChI=1S/C21H25ClN2O3/c1-14-4-5-15(2)21(16(14)3)27-13-20(26)24-11-10-23-19(25)12-17-6-8-18(22)9-7-17/h4-9H,10-13H2,1-3H3,(H,23,25)(H,24,26). The molecule has 0 saturated heterocycles. The van der Waals surface area contributed by atoms with E-state index in [1.165, 1.54) is 0 Å². The highest BCUT2D eigenvalue weighted by Crippen LogP contribution is 2.25. The fraction of sp³-hybridized carbons (Fsp3) is 0.333. The number of hydrogen-bond donors (Lipinski definition) is 2. The molecular weight excluding hydrogens is 364 g/mol. The maximum Gasteiger partial charge on any atom is 0.258 e. The van der Waals surface area contributed by atoms with E-state index in [0.717, 1.165) is 28.0 Å². The number of nitrogens with one attached hydrogen (secondary N) is 2. The van der Waals surface area contributed by atoms with E-state index in [1.807, 2.05) is 45.0 Å². The highest BCUT2D eigenvalue weighted by molar-refractivity contribution is 6.30. The van der Waals surface area contributed by atoms with Gasteiger partial charge in [0.25, 0.3) is 5.91 Å². The number of rotatable bonds is 8. The summed E-state index contributed by atoms with van der Waals surface area (Å²) < 4.78 is 5.67. The highest BCUT2D eigenvalue weighted by atomic mass is 35.5. The van der Waals surface area contributed by atoms with Crippen molar-refractivity contribution in [3.05, 3.63) is 63.7 Å². The molecule has 0 unspecified atom stereocenters. The van der Waals surface area contributed by atoms with Gasteiger partial charge in [-0.2, -0.15) is 0 Å². The van der Waals surface area contributed by atoms with Crippen LogP contribution in [0.1, 0.15) is 22.3 Å². The first-order chi connectivity index (χ1) is 12.9. The second-order valence-corrected chi connectivity index (χ2v) is 6.88. The van der Waals surface area contributed by atoms with E-state index in [2.05, 4.69) is 10.6 Å². The molecular formula is C21H25ClN2O3. The van der Waals surface area contributed by atoms with Crippen LogP contribution in [-0.2, 0) is 16.0 Å². The molecule has 2 N–H and O–H groups in total. The first kappa shape index (κ1) is 20.8. The summed E-state index contributed by atoms with van der Waals surface area (Å²) in [4.78, 5) is 23.8. The minimum absolute atomic E-state index is 0.0517. The highest BCUT2D eigenvalue weighted by Gasteiger charge is 2.09. The van der Waals surface area contributed by atoms with E-state index in [9.17, 15) is 9.59 Å². The average Bonchev–Trinajstić information content (AvgIpc) is 2.64. The third-order valence-electron chi connectivity index (χ3n) is 4.27. The minimum atomic E-state index is -0.220. The lowest BCUT2D eigenvalue weighted by Gasteiger charge is -2.14. The molecule has 6 heteroatoms. The molecule has 0 aromatic heterocycles. The van der Waals surface area contributed by atoms with Gasteiger partial charge in [0.15, 0.2) is 6.61 Å². The number of halogens is 1.